The molecular weight excluding hydrogens is 135 g/mol. The van der Waals surface area contributed by atoms with Crippen LogP contribution in [0.25, 0.3) is 0 Å². The molecule has 0 heterocycles. The topological polar surface area (TPSA) is 20.2 Å². The van der Waals surface area contributed by atoms with E-state index in [1.807, 2.05) is 0 Å². The number of aromatic hydroxyl groups is 1. The van der Waals surface area contributed by atoms with Crippen LogP contribution in [0.15, 0.2) is 30.9 Å². The third-order valence-electron chi connectivity index (χ3n) is 1.47. The van der Waals surface area contributed by atoms with Gasteiger partial charge < -0.3 is 5.11 Å². The van der Waals surface area contributed by atoms with Gasteiger partial charge >= 0.3 is 0 Å². The zero-order valence-corrected chi connectivity index (χ0v) is 6.25. The van der Waals surface area contributed by atoms with Crippen molar-refractivity contribution in [3.8, 4) is 5.75 Å². The first-order valence-electron chi connectivity index (χ1n) is 3.42. The number of allylic oxidation sites excluding steroid dienone is 1. The number of hydrogen-bond acceptors (Lipinski definition) is 1. The SMILES string of the molecule is [B]c1ccc(O)c(CC=C)c1. The van der Waals surface area contributed by atoms with Crippen molar-refractivity contribution in [2.75, 3.05) is 0 Å². The lowest BCUT2D eigenvalue weighted by Crippen LogP contribution is -2.02. The average Bonchev–Trinajstić information content (AvgIpc) is 1.98. The Hall–Kier alpha value is -1.18. The molecule has 0 saturated heterocycles. The summed E-state index contributed by atoms with van der Waals surface area (Å²) in [7, 11) is 5.51. The van der Waals surface area contributed by atoms with E-state index in [4.69, 9.17) is 7.85 Å². The standard InChI is InChI=1S/C9H9BO/c1-2-3-7-6-8(10)4-5-9(7)11/h2,4-6,11H,1,3H2. The Morgan fingerprint density at radius 1 is 1.55 bits per heavy atom. The molecule has 2 radical (unpaired) electrons. The maximum atomic E-state index is 9.26. The van der Waals surface area contributed by atoms with Gasteiger partial charge in [-0.15, -0.1) is 6.58 Å². The maximum absolute atomic E-state index is 9.26. The molecule has 0 saturated carbocycles. The third-order valence-corrected chi connectivity index (χ3v) is 1.47. The van der Waals surface area contributed by atoms with Crippen LogP contribution in [-0.4, -0.2) is 13.0 Å². The molecule has 0 bridgehead atoms. The fourth-order valence-electron chi connectivity index (χ4n) is 0.924. The Morgan fingerprint density at radius 2 is 2.27 bits per heavy atom. The second-order valence-corrected chi connectivity index (χ2v) is 2.38. The second-order valence-electron chi connectivity index (χ2n) is 2.38. The summed E-state index contributed by atoms with van der Waals surface area (Å²) in [6, 6.07) is 5.01. The maximum Gasteiger partial charge on any atom is 0.119 e. The van der Waals surface area contributed by atoms with E-state index >= 15 is 0 Å². The van der Waals surface area contributed by atoms with E-state index in [1.165, 1.54) is 0 Å². The molecule has 0 amide bonds. The predicted molar refractivity (Wildman–Crippen MR) is 47.4 cm³/mol. The number of rotatable bonds is 2. The zero-order chi connectivity index (χ0) is 8.27. The Kier molecular flexibility index (Phi) is 2.37. The van der Waals surface area contributed by atoms with Gasteiger partial charge in [0.15, 0.2) is 0 Å². The quantitative estimate of drug-likeness (QED) is 0.483. The average molecular weight is 144 g/mol. The molecule has 0 spiro atoms. The smallest absolute Gasteiger partial charge is 0.119 e. The molecular formula is C9H9BO. The minimum atomic E-state index is 0.277. The van der Waals surface area contributed by atoms with Gasteiger partial charge in [-0.05, 0) is 18.1 Å². The molecule has 1 aromatic rings. The van der Waals surface area contributed by atoms with Crippen LogP contribution in [0.2, 0.25) is 0 Å². The summed E-state index contributed by atoms with van der Waals surface area (Å²) in [5.41, 5.74) is 1.49. The predicted octanol–water partition coefficient (Wildman–Crippen LogP) is 0.914. The van der Waals surface area contributed by atoms with Crippen molar-refractivity contribution < 1.29 is 5.11 Å². The molecule has 1 rings (SSSR count). The van der Waals surface area contributed by atoms with Gasteiger partial charge in [-0.25, -0.2) is 0 Å². The Balaban J connectivity index is 3.01. The highest BCUT2D eigenvalue weighted by Gasteiger charge is 1.96. The summed E-state index contributed by atoms with van der Waals surface area (Å²) in [6.45, 7) is 3.57. The van der Waals surface area contributed by atoms with Crippen LogP contribution in [0.3, 0.4) is 0 Å². The number of hydrogen-bond donors (Lipinski definition) is 1. The lowest BCUT2D eigenvalue weighted by Gasteiger charge is -2.01. The molecule has 0 unspecified atom stereocenters. The highest BCUT2D eigenvalue weighted by molar-refractivity contribution is 6.32. The van der Waals surface area contributed by atoms with Crippen molar-refractivity contribution >= 4 is 13.3 Å². The fraction of sp³-hybridized carbons (Fsp3) is 0.111. The fourth-order valence-corrected chi connectivity index (χ4v) is 0.924. The van der Waals surface area contributed by atoms with E-state index in [9.17, 15) is 5.11 Å². The normalized spacial score (nSPS) is 9.45. The molecule has 0 aromatic heterocycles. The lowest BCUT2D eigenvalue weighted by molar-refractivity contribution is 0.470. The van der Waals surface area contributed by atoms with Crippen molar-refractivity contribution in [2.45, 2.75) is 6.42 Å². The van der Waals surface area contributed by atoms with Gasteiger partial charge in [0.1, 0.15) is 13.6 Å². The lowest BCUT2D eigenvalue weighted by atomic mass is 9.93. The van der Waals surface area contributed by atoms with Crippen molar-refractivity contribution in [1.29, 1.82) is 0 Å². The van der Waals surface area contributed by atoms with Crippen LogP contribution in [0.1, 0.15) is 5.56 Å². The Bertz CT molecular complexity index is 268. The number of phenolic OH excluding ortho intramolecular Hbond substituents is 1. The molecule has 0 aliphatic rings. The van der Waals surface area contributed by atoms with Gasteiger partial charge in [-0.1, -0.05) is 23.7 Å². The molecule has 2 heteroatoms. The van der Waals surface area contributed by atoms with Crippen LogP contribution in [0, 0.1) is 0 Å². The summed E-state index contributed by atoms with van der Waals surface area (Å²) in [5, 5.41) is 9.26. The van der Waals surface area contributed by atoms with Crippen molar-refractivity contribution in [2.24, 2.45) is 0 Å². The number of phenols is 1. The highest BCUT2D eigenvalue weighted by atomic mass is 16.3. The van der Waals surface area contributed by atoms with Gasteiger partial charge in [0.25, 0.3) is 0 Å². The third kappa shape index (κ3) is 1.87. The van der Waals surface area contributed by atoms with E-state index < -0.39 is 0 Å². The number of benzene rings is 1. The molecule has 0 fully saturated rings. The monoisotopic (exact) mass is 144 g/mol. The first-order valence-corrected chi connectivity index (χ1v) is 3.42. The van der Waals surface area contributed by atoms with E-state index in [-0.39, 0.29) is 5.75 Å². The van der Waals surface area contributed by atoms with Crippen LogP contribution in [0.4, 0.5) is 0 Å². The summed E-state index contributed by atoms with van der Waals surface area (Å²) >= 11 is 0. The summed E-state index contributed by atoms with van der Waals surface area (Å²) in [6.07, 6.45) is 2.38. The molecule has 54 valence electrons. The van der Waals surface area contributed by atoms with Crippen molar-refractivity contribution in [3.05, 3.63) is 36.4 Å². The first-order chi connectivity index (χ1) is 5.24. The van der Waals surface area contributed by atoms with Gasteiger partial charge in [-0.3, -0.25) is 0 Å². The zero-order valence-electron chi connectivity index (χ0n) is 6.25. The van der Waals surface area contributed by atoms with Crippen LogP contribution in [0.5, 0.6) is 5.75 Å². The van der Waals surface area contributed by atoms with E-state index in [1.54, 1.807) is 24.3 Å². The molecule has 1 aromatic carbocycles. The molecule has 1 nitrogen and oxygen atoms in total. The van der Waals surface area contributed by atoms with Gasteiger partial charge in [0.2, 0.25) is 0 Å². The second kappa shape index (κ2) is 3.29. The molecule has 0 aliphatic carbocycles. The van der Waals surface area contributed by atoms with Crippen molar-refractivity contribution in [3.63, 3.8) is 0 Å². The molecule has 1 N–H and O–H groups in total. The molecule has 0 aliphatic heterocycles. The minimum absolute atomic E-state index is 0.277. The summed E-state index contributed by atoms with van der Waals surface area (Å²) in [5.74, 6) is 0.277. The Morgan fingerprint density at radius 3 is 2.91 bits per heavy atom. The van der Waals surface area contributed by atoms with Crippen LogP contribution in [-0.2, 0) is 6.42 Å². The first kappa shape index (κ1) is 7.93. The summed E-state index contributed by atoms with van der Waals surface area (Å²) < 4.78 is 0. The van der Waals surface area contributed by atoms with Gasteiger partial charge in [-0.2, -0.15) is 0 Å². The van der Waals surface area contributed by atoms with E-state index in [0.29, 0.717) is 11.9 Å². The Labute approximate surface area is 67.8 Å². The van der Waals surface area contributed by atoms with Crippen LogP contribution < -0.4 is 5.46 Å². The molecule has 11 heavy (non-hydrogen) atoms. The van der Waals surface area contributed by atoms with Gasteiger partial charge in [0.05, 0.1) is 0 Å². The minimum Gasteiger partial charge on any atom is -0.508 e. The van der Waals surface area contributed by atoms with Gasteiger partial charge in [0, 0.05) is 0 Å². The summed E-state index contributed by atoms with van der Waals surface area (Å²) in [4.78, 5) is 0. The largest absolute Gasteiger partial charge is 0.508 e. The van der Waals surface area contributed by atoms with Crippen LogP contribution >= 0.6 is 0 Å². The van der Waals surface area contributed by atoms with E-state index in [2.05, 4.69) is 6.58 Å². The van der Waals surface area contributed by atoms with E-state index in [0.717, 1.165) is 5.56 Å². The molecule has 0 atom stereocenters. The van der Waals surface area contributed by atoms with Crippen molar-refractivity contribution in [1.82, 2.24) is 0 Å². The highest BCUT2D eigenvalue weighted by Crippen LogP contribution is 2.14.